The molecule has 3 heteroatoms. The van der Waals surface area contributed by atoms with Crippen molar-refractivity contribution in [2.45, 2.75) is 51.6 Å². The van der Waals surface area contributed by atoms with Crippen LogP contribution >= 0.6 is 0 Å². The molecule has 16 heavy (non-hydrogen) atoms. The van der Waals surface area contributed by atoms with Crippen LogP contribution in [0.1, 0.15) is 44.7 Å². The standard InChI is InChI=1S/C13H23N3/c1-11-4-3-5-12(7-6-11)15-9-13-8-14-10-16(13)2/h8,10-12,15H,3-7,9H2,1-2H3. The zero-order chi connectivity index (χ0) is 11.4. The van der Waals surface area contributed by atoms with E-state index in [0.29, 0.717) is 6.04 Å². The molecule has 0 aromatic carbocycles. The van der Waals surface area contributed by atoms with Crippen molar-refractivity contribution in [3.63, 3.8) is 0 Å². The number of aryl methyl sites for hydroxylation is 1. The summed E-state index contributed by atoms with van der Waals surface area (Å²) in [5.41, 5.74) is 1.28. The molecule has 0 saturated heterocycles. The quantitative estimate of drug-likeness (QED) is 0.795. The van der Waals surface area contributed by atoms with Gasteiger partial charge in [0.1, 0.15) is 0 Å². The van der Waals surface area contributed by atoms with Crippen molar-refractivity contribution in [3.05, 3.63) is 18.2 Å². The highest BCUT2D eigenvalue weighted by Gasteiger charge is 2.15. The summed E-state index contributed by atoms with van der Waals surface area (Å²) in [4.78, 5) is 4.14. The van der Waals surface area contributed by atoms with E-state index < -0.39 is 0 Å². The summed E-state index contributed by atoms with van der Waals surface area (Å²) in [6, 6.07) is 0.708. The SMILES string of the molecule is CC1CCCC(NCc2cncn2C)CC1. The first-order chi connectivity index (χ1) is 7.75. The van der Waals surface area contributed by atoms with Crippen molar-refractivity contribution in [2.75, 3.05) is 0 Å². The highest BCUT2D eigenvalue weighted by molar-refractivity contribution is 4.97. The number of aromatic nitrogens is 2. The van der Waals surface area contributed by atoms with Crippen molar-refractivity contribution < 1.29 is 0 Å². The maximum Gasteiger partial charge on any atom is 0.0945 e. The number of rotatable bonds is 3. The summed E-state index contributed by atoms with van der Waals surface area (Å²) in [5, 5.41) is 3.66. The van der Waals surface area contributed by atoms with Crippen LogP contribution in [0.15, 0.2) is 12.5 Å². The van der Waals surface area contributed by atoms with Crippen LogP contribution < -0.4 is 5.32 Å². The van der Waals surface area contributed by atoms with Crippen molar-refractivity contribution in [2.24, 2.45) is 13.0 Å². The lowest BCUT2D eigenvalue weighted by Gasteiger charge is -2.16. The van der Waals surface area contributed by atoms with Gasteiger partial charge in [0.25, 0.3) is 0 Å². The minimum Gasteiger partial charge on any atom is -0.337 e. The van der Waals surface area contributed by atoms with Gasteiger partial charge in [-0.1, -0.05) is 19.8 Å². The predicted octanol–water partition coefficient (Wildman–Crippen LogP) is 2.48. The molecule has 2 unspecified atom stereocenters. The van der Waals surface area contributed by atoms with E-state index in [1.54, 1.807) is 0 Å². The molecule has 0 aliphatic heterocycles. The molecule has 1 N–H and O–H groups in total. The first-order valence-corrected chi connectivity index (χ1v) is 6.44. The molecule has 0 bridgehead atoms. The smallest absolute Gasteiger partial charge is 0.0945 e. The number of hydrogen-bond acceptors (Lipinski definition) is 2. The summed E-state index contributed by atoms with van der Waals surface area (Å²) in [5.74, 6) is 0.920. The van der Waals surface area contributed by atoms with Gasteiger partial charge >= 0.3 is 0 Å². The summed E-state index contributed by atoms with van der Waals surface area (Å²) in [6.45, 7) is 3.33. The van der Waals surface area contributed by atoms with E-state index in [4.69, 9.17) is 0 Å². The summed E-state index contributed by atoms with van der Waals surface area (Å²) < 4.78 is 2.09. The van der Waals surface area contributed by atoms with Crippen LogP contribution in [0.4, 0.5) is 0 Å². The summed E-state index contributed by atoms with van der Waals surface area (Å²) in [7, 11) is 2.05. The summed E-state index contributed by atoms with van der Waals surface area (Å²) >= 11 is 0. The van der Waals surface area contributed by atoms with E-state index in [0.717, 1.165) is 12.5 Å². The third-order valence-corrected chi connectivity index (χ3v) is 3.75. The lowest BCUT2D eigenvalue weighted by atomic mass is 10.0. The monoisotopic (exact) mass is 221 g/mol. The van der Waals surface area contributed by atoms with E-state index in [1.807, 2.05) is 12.5 Å². The van der Waals surface area contributed by atoms with Crippen LogP contribution in [-0.4, -0.2) is 15.6 Å². The normalized spacial score (nSPS) is 26.6. The Morgan fingerprint density at radius 2 is 2.25 bits per heavy atom. The van der Waals surface area contributed by atoms with Gasteiger partial charge in [-0.05, 0) is 25.2 Å². The van der Waals surface area contributed by atoms with Crippen molar-refractivity contribution in [1.29, 1.82) is 0 Å². The van der Waals surface area contributed by atoms with Gasteiger partial charge in [0.05, 0.1) is 12.0 Å². The van der Waals surface area contributed by atoms with Crippen molar-refractivity contribution >= 4 is 0 Å². The molecule has 0 radical (unpaired) electrons. The van der Waals surface area contributed by atoms with E-state index in [-0.39, 0.29) is 0 Å². The van der Waals surface area contributed by atoms with Gasteiger partial charge in [-0.25, -0.2) is 4.98 Å². The van der Waals surface area contributed by atoms with Crippen LogP contribution in [0.3, 0.4) is 0 Å². The summed E-state index contributed by atoms with van der Waals surface area (Å²) in [6.07, 6.45) is 10.6. The van der Waals surface area contributed by atoms with Crippen molar-refractivity contribution in [1.82, 2.24) is 14.9 Å². The van der Waals surface area contributed by atoms with Gasteiger partial charge in [-0.15, -0.1) is 0 Å². The predicted molar refractivity (Wildman–Crippen MR) is 66.1 cm³/mol. The van der Waals surface area contributed by atoms with Crippen LogP contribution in [0.25, 0.3) is 0 Å². The molecule has 1 fully saturated rings. The van der Waals surface area contributed by atoms with Gasteiger partial charge in [0, 0.05) is 25.8 Å². The van der Waals surface area contributed by atoms with E-state index >= 15 is 0 Å². The number of imidazole rings is 1. The lowest BCUT2D eigenvalue weighted by molar-refractivity contribution is 0.442. The molecule has 2 rings (SSSR count). The van der Waals surface area contributed by atoms with Gasteiger partial charge in [-0.3, -0.25) is 0 Å². The second-order valence-corrected chi connectivity index (χ2v) is 5.19. The zero-order valence-electron chi connectivity index (χ0n) is 10.4. The molecular formula is C13H23N3. The molecule has 1 aliphatic rings. The number of nitrogens with zero attached hydrogens (tertiary/aromatic N) is 2. The number of nitrogens with one attached hydrogen (secondary N) is 1. The maximum atomic E-state index is 4.14. The van der Waals surface area contributed by atoms with Crippen LogP contribution in [0, 0.1) is 5.92 Å². The lowest BCUT2D eigenvalue weighted by Crippen LogP contribution is -2.28. The van der Waals surface area contributed by atoms with Gasteiger partial charge in [-0.2, -0.15) is 0 Å². The van der Waals surface area contributed by atoms with Crippen LogP contribution in [-0.2, 0) is 13.6 Å². The third kappa shape index (κ3) is 3.08. The highest BCUT2D eigenvalue weighted by Crippen LogP contribution is 2.22. The number of hydrogen-bond donors (Lipinski definition) is 1. The van der Waals surface area contributed by atoms with E-state index in [1.165, 1.54) is 37.8 Å². The molecule has 0 spiro atoms. The first kappa shape index (κ1) is 11.6. The van der Waals surface area contributed by atoms with Gasteiger partial charge in [0.2, 0.25) is 0 Å². The average molecular weight is 221 g/mol. The minimum atomic E-state index is 0.708. The second kappa shape index (κ2) is 5.48. The Balaban J connectivity index is 1.79. The molecule has 1 aromatic rings. The Morgan fingerprint density at radius 3 is 3.00 bits per heavy atom. The second-order valence-electron chi connectivity index (χ2n) is 5.19. The van der Waals surface area contributed by atoms with Crippen LogP contribution in [0.5, 0.6) is 0 Å². The topological polar surface area (TPSA) is 29.9 Å². The largest absolute Gasteiger partial charge is 0.337 e. The zero-order valence-corrected chi connectivity index (χ0v) is 10.4. The fourth-order valence-electron chi connectivity index (χ4n) is 2.50. The fourth-order valence-corrected chi connectivity index (χ4v) is 2.50. The Labute approximate surface area is 98.3 Å². The van der Waals surface area contributed by atoms with Crippen molar-refractivity contribution in [3.8, 4) is 0 Å². The van der Waals surface area contributed by atoms with Crippen LogP contribution in [0.2, 0.25) is 0 Å². The molecule has 90 valence electrons. The first-order valence-electron chi connectivity index (χ1n) is 6.44. The molecule has 1 aliphatic carbocycles. The van der Waals surface area contributed by atoms with E-state index in [2.05, 4.69) is 28.8 Å². The minimum absolute atomic E-state index is 0.708. The molecule has 1 aromatic heterocycles. The molecule has 1 saturated carbocycles. The fraction of sp³-hybridized carbons (Fsp3) is 0.769. The molecule has 3 nitrogen and oxygen atoms in total. The highest BCUT2D eigenvalue weighted by atomic mass is 15.0. The Morgan fingerprint density at radius 1 is 1.38 bits per heavy atom. The average Bonchev–Trinajstić information content (AvgIpc) is 2.55. The van der Waals surface area contributed by atoms with E-state index in [9.17, 15) is 0 Å². The molecule has 1 heterocycles. The van der Waals surface area contributed by atoms with Gasteiger partial charge < -0.3 is 9.88 Å². The third-order valence-electron chi connectivity index (χ3n) is 3.75. The van der Waals surface area contributed by atoms with Gasteiger partial charge in [0.15, 0.2) is 0 Å². The Hall–Kier alpha value is -0.830. The molecule has 0 amide bonds. The Kier molecular flexibility index (Phi) is 3.99. The Bertz CT molecular complexity index is 319. The molecule has 2 atom stereocenters. The molecular weight excluding hydrogens is 198 g/mol. The maximum absolute atomic E-state index is 4.14.